The van der Waals surface area contributed by atoms with Crippen molar-refractivity contribution >= 4 is 22.5 Å². The fraction of sp³-hybridized carbons (Fsp3) is 0.250. The summed E-state index contributed by atoms with van der Waals surface area (Å²) in [7, 11) is 0. The van der Waals surface area contributed by atoms with Crippen LogP contribution in [-0.2, 0) is 0 Å². The highest BCUT2D eigenvalue weighted by molar-refractivity contribution is 6.32. The predicted octanol–water partition coefficient (Wildman–Crippen LogP) is 3.20. The van der Waals surface area contributed by atoms with Crippen molar-refractivity contribution in [3.63, 3.8) is 0 Å². The fourth-order valence-corrected chi connectivity index (χ4v) is 2.14. The van der Waals surface area contributed by atoms with Crippen LogP contribution in [-0.4, -0.2) is 18.0 Å². The topological polar surface area (TPSA) is 38.9 Å². The minimum Gasteiger partial charge on any atom is -0.330 e. The largest absolute Gasteiger partial charge is 0.330 e. The first-order valence-electron chi connectivity index (χ1n) is 5.16. The third-order valence-corrected chi connectivity index (χ3v) is 3.02. The van der Waals surface area contributed by atoms with Crippen molar-refractivity contribution in [2.24, 2.45) is 5.73 Å². The van der Waals surface area contributed by atoms with Crippen LogP contribution >= 0.6 is 11.6 Å². The van der Waals surface area contributed by atoms with Crippen molar-refractivity contribution in [1.82, 2.24) is 4.98 Å². The van der Waals surface area contributed by atoms with E-state index in [-0.39, 0.29) is 11.6 Å². The van der Waals surface area contributed by atoms with Crippen LogP contribution in [0.1, 0.15) is 11.5 Å². The summed E-state index contributed by atoms with van der Waals surface area (Å²) in [5.74, 6) is -1.08. The van der Waals surface area contributed by atoms with E-state index in [9.17, 15) is 8.78 Å². The number of fused-ring (bicyclic) bond motifs is 1. The quantitative estimate of drug-likeness (QED) is 0.916. The minimum atomic E-state index is -2.55. The van der Waals surface area contributed by atoms with Crippen molar-refractivity contribution in [3.05, 3.63) is 41.0 Å². The van der Waals surface area contributed by atoms with Gasteiger partial charge in [-0.2, -0.15) is 0 Å². The first kappa shape index (κ1) is 12.2. The molecule has 0 saturated heterocycles. The molecule has 0 bridgehead atoms. The molecule has 0 aliphatic carbocycles. The van der Waals surface area contributed by atoms with E-state index in [1.54, 1.807) is 30.5 Å². The Kier molecular flexibility index (Phi) is 3.54. The van der Waals surface area contributed by atoms with E-state index in [0.717, 1.165) is 5.39 Å². The average molecular weight is 257 g/mol. The molecule has 5 heteroatoms. The predicted molar refractivity (Wildman–Crippen MR) is 64.6 cm³/mol. The van der Waals surface area contributed by atoms with E-state index in [1.165, 1.54) is 0 Å². The lowest BCUT2D eigenvalue weighted by molar-refractivity contribution is 0.117. The van der Waals surface area contributed by atoms with Crippen LogP contribution in [0.3, 0.4) is 0 Å². The highest BCUT2D eigenvalue weighted by atomic mass is 35.5. The Labute approximate surface area is 102 Å². The molecule has 17 heavy (non-hydrogen) atoms. The molecule has 0 amide bonds. The van der Waals surface area contributed by atoms with E-state index in [4.69, 9.17) is 17.3 Å². The van der Waals surface area contributed by atoms with Crippen LogP contribution in [0.25, 0.3) is 10.9 Å². The number of alkyl halides is 2. The Morgan fingerprint density at radius 1 is 1.29 bits per heavy atom. The molecule has 2 aromatic rings. The van der Waals surface area contributed by atoms with Gasteiger partial charge in [0.25, 0.3) is 0 Å². The minimum absolute atomic E-state index is 0.160. The maximum Gasteiger partial charge on any atom is 0.246 e. The van der Waals surface area contributed by atoms with Gasteiger partial charge >= 0.3 is 0 Å². The summed E-state index contributed by atoms with van der Waals surface area (Å²) in [5, 5.41) is 1.07. The molecule has 2 nitrogen and oxygen atoms in total. The summed E-state index contributed by atoms with van der Waals surface area (Å²) in [5.41, 5.74) is 6.23. The summed E-state index contributed by atoms with van der Waals surface area (Å²) in [6.45, 7) is -0.160. The number of nitrogens with two attached hydrogens (primary N) is 1. The number of aromatic nitrogens is 1. The SMILES string of the molecule is NCC(c1c(Cl)ccc2cccnc12)C(F)F. The van der Waals surface area contributed by atoms with Gasteiger partial charge in [0.05, 0.1) is 11.4 Å². The third-order valence-electron chi connectivity index (χ3n) is 2.69. The lowest BCUT2D eigenvalue weighted by Crippen LogP contribution is -2.20. The Morgan fingerprint density at radius 3 is 2.71 bits per heavy atom. The van der Waals surface area contributed by atoms with Crippen molar-refractivity contribution in [3.8, 4) is 0 Å². The Bertz CT molecular complexity index is 531. The van der Waals surface area contributed by atoms with Crippen LogP contribution in [0, 0.1) is 0 Å². The second-order valence-electron chi connectivity index (χ2n) is 3.71. The van der Waals surface area contributed by atoms with Crippen LogP contribution < -0.4 is 5.73 Å². The summed E-state index contributed by atoms with van der Waals surface area (Å²) in [6.07, 6.45) is -0.994. The normalized spacial score (nSPS) is 13.2. The number of pyridine rings is 1. The molecule has 0 spiro atoms. The van der Waals surface area contributed by atoms with Gasteiger partial charge in [-0.25, -0.2) is 8.78 Å². The summed E-state index contributed by atoms with van der Waals surface area (Å²) >= 11 is 5.99. The zero-order valence-electron chi connectivity index (χ0n) is 8.91. The first-order chi connectivity index (χ1) is 8.15. The number of nitrogens with zero attached hydrogens (tertiary/aromatic N) is 1. The molecule has 2 N–H and O–H groups in total. The molecule has 0 fully saturated rings. The van der Waals surface area contributed by atoms with E-state index < -0.39 is 12.3 Å². The molecule has 1 aromatic heterocycles. The third kappa shape index (κ3) is 2.23. The summed E-state index contributed by atoms with van der Waals surface area (Å²) < 4.78 is 25.9. The van der Waals surface area contributed by atoms with Crippen LogP contribution in [0.4, 0.5) is 8.78 Å². The molecule has 1 heterocycles. The van der Waals surface area contributed by atoms with Crippen LogP contribution in [0.2, 0.25) is 5.02 Å². The number of hydrogen-bond acceptors (Lipinski definition) is 2. The van der Waals surface area contributed by atoms with Gasteiger partial charge in [0.1, 0.15) is 0 Å². The molecular formula is C12H11ClF2N2. The highest BCUT2D eigenvalue weighted by Crippen LogP contribution is 2.33. The highest BCUT2D eigenvalue weighted by Gasteiger charge is 2.25. The van der Waals surface area contributed by atoms with E-state index in [1.807, 2.05) is 0 Å². The second kappa shape index (κ2) is 4.94. The molecule has 0 radical (unpaired) electrons. The maximum absolute atomic E-state index is 12.9. The van der Waals surface area contributed by atoms with Gasteiger partial charge in [0, 0.05) is 28.7 Å². The van der Waals surface area contributed by atoms with E-state index in [2.05, 4.69) is 4.98 Å². The smallest absolute Gasteiger partial charge is 0.246 e. The van der Waals surface area contributed by atoms with Crippen molar-refractivity contribution in [2.75, 3.05) is 6.54 Å². The van der Waals surface area contributed by atoms with Gasteiger partial charge in [-0.1, -0.05) is 23.7 Å². The number of benzene rings is 1. The fourth-order valence-electron chi connectivity index (χ4n) is 1.84. The monoisotopic (exact) mass is 256 g/mol. The Hall–Kier alpha value is -1.26. The lowest BCUT2D eigenvalue weighted by Gasteiger charge is -2.17. The van der Waals surface area contributed by atoms with Gasteiger partial charge in [-0.3, -0.25) is 4.98 Å². The van der Waals surface area contributed by atoms with Crippen molar-refractivity contribution in [2.45, 2.75) is 12.3 Å². The number of rotatable bonds is 3. The molecule has 2 rings (SSSR count). The van der Waals surface area contributed by atoms with Crippen LogP contribution in [0.15, 0.2) is 30.5 Å². The standard InChI is InChI=1S/C12H11ClF2N2/c13-9-4-3-7-2-1-5-17-11(7)10(9)8(6-16)12(14)15/h1-5,8,12H,6,16H2. The summed E-state index contributed by atoms with van der Waals surface area (Å²) in [6, 6.07) is 6.92. The number of hydrogen-bond donors (Lipinski definition) is 1. The van der Waals surface area contributed by atoms with Crippen LogP contribution in [0.5, 0.6) is 0 Å². The van der Waals surface area contributed by atoms with E-state index >= 15 is 0 Å². The zero-order chi connectivity index (χ0) is 12.4. The van der Waals surface area contributed by atoms with Gasteiger partial charge in [-0.05, 0) is 12.1 Å². The molecule has 1 aromatic carbocycles. The molecule has 0 aliphatic heterocycles. The molecule has 90 valence electrons. The summed E-state index contributed by atoms with van der Waals surface area (Å²) in [4.78, 5) is 4.12. The molecule has 0 saturated carbocycles. The van der Waals surface area contributed by atoms with Gasteiger partial charge < -0.3 is 5.73 Å². The maximum atomic E-state index is 12.9. The van der Waals surface area contributed by atoms with Gasteiger partial charge in [0.2, 0.25) is 6.43 Å². The van der Waals surface area contributed by atoms with E-state index in [0.29, 0.717) is 11.1 Å². The lowest BCUT2D eigenvalue weighted by atomic mass is 9.96. The molecule has 1 atom stereocenters. The zero-order valence-corrected chi connectivity index (χ0v) is 9.66. The first-order valence-corrected chi connectivity index (χ1v) is 5.54. The molecule has 0 aliphatic rings. The molecular weight excluding hydrogens is 246 g/mol. The average Bonchev–Trinajstić information content (AvgIpc) is 2.32. The van der Waals surface area contributed by atoms with Crippen molar-refractivity contribution < 1.29 is 8.78 Å². The van der Waals surface area contributed by atoms with Crippen molar-refractivity contribution in [1.29, 1.82) is 0 Å². The Morgan fingerprint density at radius 2 is 2.06 bits per heavy atom. The van der Waals surface area contributed by atoms with Gasteiger partial charge in [-0.15, -0.1) is 0 Å². The number of halogens is 3. The Balaban J connectivity index is 2.69. The second-order valence-corrected chi connectivity index (χ2v) is 4.12. The van der Waals surface area contributed by atoms with Gasteiger partial charge in [0.15, 0.2) is 0 Å². The molecule has 1 unspecified atom stereocenters.